The van der Waals surface area contributed by atoms with Crippen LogP contribution in [0.3, 0.4) is 0 Å². The lowest BCUT2D eigenvalue weighted by Crippen LogP contribution is -2.12. The first-order valence-corrected chi connectivity index (χ1v) is 8.95. The number of furan rings is 1. The highest BCUT2D eigenvalue weighted by molar-refractivity contribution is 7.90. The summed E-state index contributed by atoms with van der Waals surface area (Å²) in [7, 11) is -3.30. The largest absolute Gasteiger partial charge is 0.448 e. The Labute approximate surface area is 138 Å². The van der Waals surface area contributed by atoms with E-state index < -0.39 is 21.6 Å². The number of carbonyl (C=O) groups is 1. The van der Waals surface area contributed by atoms with E-state index >= 15 is 0 Å². The fourth-order valence-corrected chi connectivity index (χ4v) is 3.03. The van der Waals surface area contributed by atoms with E-state index in [0.717, 1.165) is 6.26 Å². The molecule has 1 amide bonds. The predicted octanol–water partition coefficient (Wildman–Crippen LogP) is 3.54. The number of aryl methyl sites for hydroxylation is 1. The molecule has 0 fully saturated rings. The first-order chi connectivity index (χ1) is 11.3. The molecule has 3 aromatic rings. The van der Waals surface area contributed by atoms with E-state index in [4.69, 9.17) is 4.42 Å². The molecule has 0 saturated carbocycles. The molecule has 24 heavy (non-hydrogen) atoms. The van der Waals surface area contributed by atoms with Crippen LogP contribution >= 0.6 is 0 Å². The number of para-hydroxylation sites is 1. The molecule has 0 saturated heterocycles. The number of sulfone groups is 1. The molecule has 1 heterocycles. The summed E-state index contributed by atoms with van der Waals surface area (Å²) >= 11 is 0. The molecule has 1 N–H and O–H groups in total. The van der Waals surface area contributed by atoms with Crippen LogP contribution in [0.4, 0.5) is 10.1 Å². The number of halogens is 1. The van der Waals surface area contributed by atoms with Crippen LogP contribution in [0.2, 0.25) is 0 Å². The number of carbonyl (C=O) groups excluding carboxylic acids is 1. The fourth-order valence-electron chi connectivity index (χ4n) is 2.40. The quantitative estimate of drug-likeness (QED) is 0.786. The maximum absolute atomic E-state index is 13.7. The van der Waals surface area contributed by atoms with Gasteiger partial charge in [0.1, 0.15) is 0 Å². The SMILES string of the molecule is Cc1c(C(=O)Nc2ccc(S(C)(=O)=O)cc2)oc2c(F)cccc12. The Kier molecular flexibility index (Phi) is 3.88. The molecule has 0 spiro atoms. The Morgan fingerprint density at radius 1 is 1.12 bits per heavy atom. The van der Waals surface area contributed by atoms with Gasteiger partial charge in [-0.25, -0.2) is 12.8 Å². The van der Waals surface area contributed by atoms with Crippen LogP contribution in [0.15, 0.2) is 51.8 Å². The maximum atomic E-state index is 13.7. The average molecular weight is 347 g/mol. The first kappa shape index (κ1) is 16.2. The Bertz CT molecular complexity index is 1040. The summed E-state index contributed by atoms with van der Waals surface area (Å²) in [6.45, 7) is 1.67. The summed E-state index contributed by atoms with van der Waals surface area (Å²) in [4.78, 5) is 12.5. The van der Waals surface area contributed by atoms with Crippen LogP contribution in [0.5, 0.6) is 0 Å². The molecule has 1 aromatic heterocycles. The lowest BCUT2D eigenvalue weighted by Gasteiger charge is -2.05. The van der Waals surface area contributed by atoms with Crippen molar-refractivity contribution in [2.75, 3.05) is 11.6 Å². The van der Waals surface area contributed by atoms with Crippen molar-refractivity contribution in [1.82, 2.24) is 0 Å². The van der Waals surface area contributed by atoms with Gasteiger partial charge in [-0.05, 0) is 37.3 Å². The minimum Gasteiger partial charge on any atom is -0.448 e. The zero-order valence-electron chi connectivity index (χ0n) is 13.0. The lowest BCUT2D eigenvalue weighted by atomic mass is 10.1. The second-order valence-corrected chi connectivity index (χ2v) is 7.44. The minimum atomic E-state index is -3.30. The van der Waals surface area contributed by atoms with Gasteiger partial charge in [0, 0.05) is 22.9 Å². The second kappa shape index (κ2) is 5.76. The summed E-state index contributed by atoms with van der Waals surface area (Å²) < 4.78 is 42.0. The van der Waals surface area contributed by atoms with E-state index in [2.05, 4.69) is 5.32 Å². The highest BCUT2D eigenvalue weighted by Gasteiger charge is 2.19. The van der Waals surface area contributed by atoms with E-state index in [-0.39, 0.29) is 16.2 Å². The van der Waals surface area contributed by atoms with Gasteiger partial charge >= 0.3 is 0 Å². The van der Waals surface area contributed by atoms with Crippen LogP contribution in [0, 0.1) is 12.7 Å². The molecule has 0 unspecified atom stereocenters. The Balaban J connectivity index is 1.90. The van der Waals surface area contributed by atoms with Gasteiger partial charge in [-0.2, -0.15) is 0 Å². The molecule has 0 aliphatic rings. The third-order valence-corrected chi connectivity index (χ3v) is 4.79. The van der Waals surface area contributed by atoms with E-state index in [1.807, 2.05) is 0 Å². The summed E-state index contributed by atoms with van der Waals surface area (Å²) in [5.74, 6) is -1.05. The molecule has 5 nitrogen and oxygen atoms in total. The summed E-state index contributed by atoms with van der Waals surface area (Å²) in [6, 6.07) is 10.2. The van der Waals surface area contributed by atoms with Gasteiger partial charge in [-0.3, -0.25) is 4.79 Å². The van der Waals surface area contributed by atoms with Crippen molar-refractivity contribution in [3.8, 4) is 0 Å². The van der Waals surface area contributed by atoms with Crippen LogP contribution < -0.4 is 5.32 Å². The zero-order valence-corrected chi connectivity index (χ0v) is 13.8. The van der Waals surface area contributed by atoms with Gasteiger partial charge in [0.15, 0.2) is 27.0 Å². The van der Waals surface area contributed by atoms with Crippen LogP contribution in [-0.2, 0) is 9.84 Å². The molecular formula is C17H14FNO4S. The van der Waals surface area contributed by atoms with Crippen molar-refractivity contribution < 1.29 is 22.0 Å². The van der Waals surface area contributed by atoms with E-state index in [0.29, 0.717) is 16.6 Å². The molecule has 7 heteroatoms. The zero-order chi connectivity index (χ0) is 17.5. The number of anilines is 1. The topological polar surface area (TPSA) is 76.4 Å². The van der Waals surface area contributed by atoms with E-state index in [1.54, 1.807) is 19.1 Å². The third kappa shape index (κ3) is 2.90. The summed E-state index contributed by atoms with van der Waals surface area (Å²) in [5, 5.41) is 3.14. The van der Waals surface area contributed by atoms with Gasteiger partial charge in [0.25, 0.3) is 5.91 Å². The molecule has 0 atom stereocenters. The monoisotopic (exact) mass is 347 g/mol. The molecule has 124 valence electrons. The number of benzene rings is 2. The molecule has 0 radical (unpaired) electrons. The Hall–Kier alpha value is -2.67. The predicted molar refractivity (Wildman–Crippen MR) is 88.4 cm³/mol. The maximum Gasteiger partial charge on any atom is 0.291 e. The van der Waals surface area contributed by atoms with Gasteiger partial charge < -0.3 is 9.73 Å². The standard InChI is InChI=1S/C17H14FNO4S/c1-10-13-4-3-5-14(18)16(13)23-15(10)17(20)19-11-6-8-12(9-7-11)24(2,21)22/h3-9H,1-2H3,(H,19,20). The highest BCUT2D eigenvalue weighted by atomic mass is 32.2. The number of fused-ring (bicyclic) bond motifs is 1. The van der Waals surface area contributed by atoms with Gasteiger partial charge in [0.2, 0.25) is 0 Å². The first-order valence-electron chi connectivity index (χ1n) is 7.06. The molecule has 0 aliphatic heterocycles. The molecule has 0 bridgehead atoms. The van der Waals surface area contributed by atoms with Gasteiger partial charge in [0.05, 0.1) is 4.90 Å². The van der Waals surface area contributed by atoms with E-state index in [9.17, 15) is 17.6 Å². The van der Waals surface area contributed by atoms with Crippen LogP contribution in [-0.4, -0.2) is 20.6 Å². The number of amides is 1. The molecular weight excluding hydrogens is 333 g/mol. The van der Waals surface area contributed by atoms with Crippen molar-refractivity contribution in [2.45, 2.75) is 11.8 Å². The third-order valence-electron chi connectivity index (χ3n) is 3.66. The molecule has 3 rings (SSSR count). The van der Waals surface area contributed by atoms with Gasteiger partial charge in [-0.15, -0.1) is 0 Å². The number of hydrogen-bond donors (Lipinski definition) is 1. The Morgan fingerprint density at radius 3 is 2.38 bits per heavy atom. The smallest absolute Gasteiger partial charge is 0.291 e. The lowest BCUT2D eigenvalue weighted by molar-refractivity contribution is 0.0997. The van der Waals surface area contributed by atoms with Crippen molar-refractivity contribution in [3.05, 3.63) is 59.6 Å². The normalized spacial score (nSPS) is 11.6. The van der Waals surface area contributed by atoms with Crippen molar-refractivity contribution in [2.24, 2.45) is 0 Å². The highest BCUT2D eigenvalue weighted by Crippen LogP contribution is 2.28. The summed E-state index contributed by atoms with van der Waals surface area (Å²) in [6.07, 6.45) is 1.10. The Morgan fingerprint density at radius 2 is 1.79 bits per heavy atom. The second-order valence-electron chi connectivity index (χ2n) is 5.42. The van der Waals surface area contributed by atoms with Crippen molar-refractivity contribution in [1.29, 1.82) is 0 Å². The molecule has 2 aromatic carbocycles. The average Bonchev–Trinajstić information content (AvgIpc) is 2.86. The number of hydrogen-bond acceptors (Lipinski definition) is 4. The minimum absolute atomic E-state index is 0.0160. The summed E-state index contributed by atoms with van der Waals surface area (Å²) in [5.41, 5.74) is 0.982. The van der Waals surface area contributed by atoms with Gasteiger partial charge in [-0.1, -0.05) is 12.1 Å². The van der Waals surface area contributed by atoms with Crippen molar-refractivity contribution >= 4 is 32.4 Å². The fraction of sp³-hybridized carbons (Fsp3) is 0.118. The number of rotatable bonds is 3. The van der Waals surface area contributed by atoms with Crippen LogP contribution in [0.1, 0.15) is 16.1 Å². The van der Waals surface area contributed by atoms with Crippen molar-refractivity contribution in [3.63, 3.8) is 0 Å². The number of nitrogens with one attached hydrogen (secondary N) is 1. The van der Waals surface area contributed by atoms with E-state index in [1.165, 1.54) is 30.3 Å². The molecule has 0 aliphatic carbocycles. The van der Waals surface area contributed by atoms with Crippen LogP contribution in [0.25, 0.3) is 11.0 Å².